The molecular formula is C9H13Cl3NO3PS. The number of allylic oxidation sites excluding steroid dienone is 2. The van der Waals surface area contributed by atoms with Crippen molar-refractivity contribution in [3.05, 3.63) is 22.0 Å². The third-order valence-electron chi connectivity index (χ3n) is 1.76. The zero-order valence-electron chi connectivity index (χ0n) is 9.78. The fourth-order valence-electron chi connectivity index (χ4n) is 1.10. The van der Waals surface area contributed by atoms with Gasteiger partial charge in [-0.25, -0.2) is 0 Å². The molecule has 1 aliphatic heterocycles. The molecule has 0 spiro atoms. The number of halogens is 3. The lowest BCUT2D eigenvalue weighted by molar-refractivity contribution is 0.187. The molecule has 1 heterocycles. The second-order valence-corrected chi connectivity index (χ2v) is 7.30. The number of hydrogen-bond donors (Lipinski definition) is 1. The molecule has 9 heteroatoms. The molecule has 0 fully saturated rings. The van der Waals surface area contributed by atoms with Crippen molar-refractivity contribution in [1.82, 2.24) is 5.32 Å². The second-order valence-electron chi connectivity index (χ2n) is 3.09. The zero-order chi connectivity index (χ0) is 13.8. The van der Waals surface area contributed by atoms with Crippen LogP contribution in [-0.2, 0) is 25.4 Å². The average Bonchev–Trinajstić information content (AvgIpc) is 2.26. The molecule has 0 radical (unpaired) electrons. The van der Waals surface area contributed by atoms with Gasteiger partial charge in [-0.3, -0.25) is 9.05 Å². The number of alkyl halides is 1. The highest BCUT2D eigenvalue weighted by Gasteiger charge is 2.27. The Morgan fingerprint density at radius 3 is 2.39 bits per heavy atom. The van der Waals surface area contributed by atoms with Crippen molar-refractivity contribution < 1.29 is 13.6 Å². The second kappa shape index (κ2) is 7.34. The fourth-order valence-corrected chi connectivity index (χ4v) is 3.79. The van der Waals surface area contributed by atoms with Gasteiger partial charge in [-0.1, -0.05) is 34.8 Å². The van der Waals surface area contributed by atoms with Crippen molar-refractivity contribution in [2.24, 2.45) is 0 Å². The van der Waals surface area contributed by atoms with Gasteiger partial charge >= 0.3 is 6.72 Å². The number of dihydropyridines is 1. The van der Waals surface area contributed by atoms with Crippen LogP contribution in [0.5, 0.6) is 0 Å². The van der Waals surface area contributed by atoms with Gasteiger partial charge in [-0.2, -0.15) is 0 Å². The van der Waals surface area contributed by atoms with E-state index in [0.717, 1.165) is 0 Å². The van der Waals surface area contributed by atoms with Crippen LogP contribution in [0.3, 0.4) is 0 Å². The van der Waals surface area contributed by atoms with E-state index in [1.807, 2.05) is 0 Å². The molecule has 0 aromatic heterocycles. The van der Waals surface area contributed by atoms with Crippen molar-refractivity contribution in [2.45, 2.75) is 19.3 Å². The summed E-state index contributed by atoms with van der Waals surface area (Å²) < 4.78 is 16.2. The third-order valence-corrected chi connectivity index (χ3v) is 5.23. The maximum absolute atomic E-state index is 5.98. The summed E-state index contributed by atoms with van der Waals surface area (Å²) in [6.45, 7) is 1.48. The van der Waals surface area contributed by atoms with Gasteiger partial charge in [0.25, 0.3) is 0 Å². The van der Waals surface area contributed by atoms with Gasteiger partial charge in [0.15, 0.2) is 0 Å². The fraction of sp³-hybridized carbons (Fsp3) is 0.556. The van der Waals surface area contributed by atoms with Crippen LogP contribution in [0.2, 0.25) is 0 Å². The normalized spacial score (nSPS) is 20.5. The molecule has 0 saturated carbocycles. The van der Waals surface area contributed by atoms with E-state index in [4.69, 9.17) is 60.2 Å². The highest BCUT2D eigenvalue weighted by Crippen LogP contribution is 2.52. The molecule has 1 rings (SSSR count). The first kappa shape index (κ1) is 16.6. The maximum Gasteiger partial charge on any atom is 0.381 e. The monoisotopic (exact) mass is 351 g/mol. The smallest absolute Gasteiger partial charge is 0.381 e. The number of rotatable bonds is 6. The summed E-state index contributed by atoms with van der Waals surface area (Å²) in [4.78, 5) is 0. The Labute approximate surface area is 126 Å². The molecular weight excluding hydrogens is 340 g/mol. The minimum atomic E-state index is -2.87. The maximum atomic E-state index is 5.98. The summed E-state index contributed by atoms with van der Waals surface area (Å²) in [6.07, 6.45) is 1.49. The average molecular weight is 353 g/mol. The first-order valence-corrected chi connectivity index (χ1v) is 8.93. The summed E-state index contributed by atoms with van der Waals surface area (Å²) in [5.74, 6) is 0.214. The molecule has 4 nitrogen and oxygen atoms in total. The van der Waals surface area contributed by atoms with Crippen LogP contribution in [0.1, 0.15) is 13.8 Å². The molecule has 0 aromatic carbocycles. The lowest BCUT2D eigenvalue weighted by atomic mass is 10.4. The SMILES string of the molecule is CCOP(=S)(OCC)OC1=C(Cl)C=C(Cl)C(Cl)N1. The zero-order valence-corrected chi connectivity index (χ0v) is 13.8. The predicted molar refractivity (Wildman–Crippen MR) is 78.2 cm³/mol. The molecule has 1 aliphatic rings. The van der Waals surface area contributed by atoms with Crippen LogP contribution in [0.25, 0.3) is 0 Å². The molecule has 0 aromatic rings. The summed E-state index contributed by atoms with van der Waals surface area (Å²) >= 11 is 23.0. The summed E-state index contributed by atoms with van der Waals surface area (Å²) in [6, 6.07) is 0. The Morgan fingerprint density at radius 2 is 1.89 bits per heavy atom. The lowest BCUT2D eigenvalue weighted by Crippen LogP contribution is -2.28. The van der Waals surface area contributed by atoms with E-state index in [2.05, 4.69) is 5.32 Å². The summed E-state index contributed by atoms with van der Waals surface area (Å²) in [7, 11) is 0. The Morgan fingerprint density at radius 1 is 1.33 bits per heavy atom. The molecule has 0 saturated heterocycles. The van der Waals surface area contributed by atoms with Crippen molar-refractivity contribution in [2.75, 3.05) is 13.2 Å². The molecule has 0 aliphatic carbocycles. The summed E-state index contributed by atoms with van der Waals surface area (Å²) in [5, 5.41) is 3.42. The van der Waals surface area contributed by atoms with E-state index in [0.29, 0.717) is 18.2 Å². The van der Waals surface area contributed by atoms with Gasteiger partial charge < -0.3 is 9.84 Å². The first-order valence-electron chi connectivity index (χ1n) is 5.18. The van der Waals surface area contributed by atoms with Crippen molar-refractivity contribution >= 4 is 53.3 Å². The van der Waals surface area contributed by atoms with Crippen LogP contribution in [0.15, 0.2) is 22.0 Å². The lowest BCUT2D eigenvalue weighted by Gasteiger charge is -2.26. The quantitative estimate of drug-likeness (QED) is 0.444. The van der Waals surface area contributed by atoms with Crippen LogP contribution < -0.4 is 5.32 Å². The topological polar surface area (TPSA) is 39.7 Å². The molecule has 0 bridgehead atoms. The minimum absolute atomic E-state index is 0.214. The third kappa shape index (κ3) is 4.57. The van der Waals surface area contributed by atoms with E-state index < -0.39 is 12.2 Å². The molecule has 104 valence electrons. The van der Waals surface area contributed by atoms with Crippen molar-refractivity contribution in [3.8, 4) is 0 Å². The molecule has 1 N–H and O–H groups in total. The Balaban J connectivity index is 2.88. The molecule has 1 atom stereocenters. The van der Waals surface area contributed by atoms with Gasteiger partial charge in [0.1, 0.15) is 10.5 Å². The van der Waals surface area contributed by atoms with E-state index >= 15 is 0 Å². The van der Waals surface area contributed by atoms with Crippen LogP contribution in [0.4, 0.5) is 0 Å². The highest BCUT2D eigenvalue weighted by molar-refractivity contribution is 8.07. The van der Waals surface area contributed by atoms with Gasteiger partial charge in [-0.15, -0.1) is 0 Å². The molecule has 1 unspecified atom stereocenters. The number of hydrogen-bond acceptors (Lipinski definition) is 5. The first-order chi connectivity index (χ1) is 8.41. The Kier molecular flexibility index (Phi) is 6.76. The van der Waals surface area contributed by atoms with Crippen LogP contribution in [0, 0.1) is 0 Å². The van der Waals surface area contributed by atoms with E-state index in [1.165, 1.54) is 6.08 Å². The standard InChI is InChI=1S/C9H13Cl3NO3PS/c1-3-14-17(18,15-4-2)16-9-7(11)5-6(10)8(12)13-9/h5,8,13H,3-4H2,1-2H3. The Bertz CT molecular complexity index is 406. The number of nitrogens with one attached hydrogen (secondary N) is 1. The van der Waals surface area contributed by atoms with E-state index in [1.54, 1.807) is 13.8 Å². The van der Waals surface area contributed by atoms with Crippen molar-refractivity contribution in [3.63, 3.8) is 0 Å². The van der Waals surface area contributed by atoms with Crippen LogP contribution >= 0.6 is 41.5 Å². The van der Waals surface area contributed by atoms with Crippen molar-refractivity contribution in [1.29, 1.82) is 0 Å². The largest absolute Gasteiger partial charge is 0.406 e. The van der Waals surface area contributed by atoms with Gasteiger partial charge in [0.2, 0.25) is 5.88 Å². The van der Waals surface area contributed by atoms with E-state index in [9.17, 15) is 0 Å². The van der Waals surface area contributed by atoms with Gasteiger partial charge in [0, 0.05) is 11.8 Å². The van der Waals surface area contributed by atoms with Gasteiger partial charge in [-0.05, 0) is 19.9 Å². The Hall–Kier alpha value is 0.520. The minimum Gasteiger partial charge on any atom is -0.406 e. The van der Waals surface area contributed by atoms with Crippen LogP contribution in [-0.4, -0.2) is 18.7 Å². The molecule has 0 amide bonds. The highest BCUT2D eigenvalue weighted by atomic mass is 35.5. The molecule has 18 heavy (non-hydrogen) atoms. The summed E-state index contributed by atoms with van der Waals surface area (Å²) in [5.41, 5.74) is -0.615. The van der Waals surface area contributed by atoms with Gasteiger partial charge in [0.05, 0.1) is 18.2 Å². The predicted octanol–water partition coefficient (Wildman–Crippen LogP) is 4.00. The van der Waals surface area contributed by atoms with E-state index in [-0.39, 0.29) is 10.9 Å².